The van der Waals surface area contributed by atoms with Crippen LogP contribution >= 0.6 is 11.8 Å². The van der Waals surface area contributed by atoms with Crippen LogP contribution in [0.4, 0.5) is 0 Å². The minimum atomic E-state index is 0.143. The number of fused-ring (bicyclic) bond motifs is 4. The lowest BCUT2D eigenvalue weighted by atomic mass is 9.87. The van der Waals surface area contributed by atoms with Gasteiger partial charge in [0.05, 0.1) is 5.52 Å². The molecular weight excluding hydrogens is 472 g/mol. The summed E-state index contributed by atoms with van der Waals surface area (Å²) in [7, 11) is 0. The van der Waals surface area contributed by atoms with Crippen molar-refractivity contribution in [1.29, 1.82) is 0 Å². The molecule has 3 heterocycles. The third-order valence-electron chi connectivity index (χ3n) is 7.05. The van der Waals surface area contributed by atoms with E-state index in [0.29, 0.717) is 17.5 Å². The van der Waals surface area contributed by atoms with E-state index in [4.69, 9.17) is 19.9 Å². The second-order valence-electron chi connectivity index (χ2n) is 10.1. The van der Waals surface area contributed by atoms with Crippen LogP contribution < -0.4 is 0 Å². The third kappa shape index (κ3) is 3.78. The highest BCUT2D eigenvalue weighted by molar-refractivity contribution is 7.99. The largest absolute Gasteiger partial charge is 0.241 e. The molecule has 178 valence electrons. The molecule has 7 rings (SSSR count). The molecule has 37 heavy (non-hydrogen) atoms. The molecule has 5 heteroatoms. The van der Waals surface area contributed by atoms with Gasteiger partial charge in [-0.05, 0) is 17.0 Å². The van der Waals surface area contributed by atoms with Crippen molar-refractivity contribution < 1.29 is 0 Å². The molecule has 0 saturated heterocycles. The Morgan fingerprint density at radius 1 is 0.622 bits per heavy atom. The van der Waals surface area contributed by atoms with E-state index in [0.717, 1.165) is 43.8 Å². The highest BCUT2D eigenvalue weighted by atomic mass is 32.2. The summed E-state index contributed by atoms with van der Waals surface area (Å²) in [6, 6.07) is 33.2. The highest BCUT2D eigenvalue weighted by Gasteiger charge is 2.32. The van der Waals surface area contributed by atoms with Crippen LogP contribution in [0.5, 0.6) is 0 Å². The number of aromatic nitrogens is 4. The number of thioether (sulfide) groups is 1. The molecule has 1 aliphatic rings. The minimum Gasteiger partial charge on any atom is -0.241 e. The monoisotopic (exact) mass is 496 g/mol. The average molecular weight is 497 g/mol. The Morgan fingerprint density at radius 2 is 1.27 bits per heavy atom. The molecule has 0 N–H and O–H groups in total. The van der Waals surface area contributed by atoms with Crippen LogP contribution in [0, 0.1) is 0 Å². The van der Waals surface area contributed by atoms with E-state index >= 15 is 0 Å². The highest BCUT2D eigenvalue weighted by Crippen LogP contribution is 2.44. The van der Waals surface area contributed by atoms with Gasteiger partial charge >= 0.3 is 0 Å². The summed E-state index contributed by atoms with van der Waals surface area (Å²) in [5.74, 6) is 3.05. The Hall–Kier alpha value is -4.09. The molecule has 0 bridgehead atoms. The first-order valence-electron chi connectivity index (χ1n) is 12.4. The van der Waals surface area contributed by atoms with Gasteiger partial charge in [-0.3, -0.25) is 0 Å². The molecule has 0 fully saturated rings. The summed E-state index contributed by atoms with van der Waals surface area (Å²) >= 11 is 1.85. The van der Waals surface area contributed by atoms with Crippen LogP contribution in [0.3, 0.4) is 0 Å². The molecule has 4 aromatic carbocycles. The van der Waals surface area contributed by atoms with Gasteiger partial charge in [-0.1, -0.05) is 105 Å². The van der Waals surface area contributed by atoms with Crippen LogP contribution in [0.2, 0.25) is 0 Å². The Morgan fingerprint density at radius 3 is 1.95 bits per heavy atom. The minimum absolute atomic E-state index is 0.143. The molecule has 0 saturated carbocycles. The van der Waals surface area contributed by atoms with Gasteiger partial charge in [0.1, 0.15) is 5.03 Å². The number of hydrogen-bond donors (Lipinski definition) is 0. The first-order chi connectivity index (χ1) is 18.1. The van der Waals surface area contributed by atoms with Gasteiger partial charge in [0.25, 0.3) is 0 Å². The van der Waals surface area contributed by atoms with E-state index in [1.54, 1.807) is 0 Å². The lowest BCUT2D eigenvalue weighted by Crippen LogP contribution is -2.15. The summed E-state index contributed by atoms with van der Waals surface area (Å²) in [5.41, 5.74) is 5.43. The Kier molecular flexibility index (Phi) is 5.08. The number of pyridine rings is 1. The summed E-state index contributed by atoms with van der Waals surface area (Å²) in [6.07, 6.45) is 0. The first-order valence-corrected chi connectivity index (χ1v) is 13.4. The van der Waals surface area contributed by atoms with Crippen molar-refractivity contribution >= 4 is 33.4 Å². The second-order valence-corrected chi connectivity index (χ2v) is 11.1. The second kappa shape index (κ2) is 8.49. The zero-order chi connectivity index (χ0) is 25.0. The third-order valence-corrected chi connectivity index (χ3v) is 8.50. The van der Waals surface area contributed by atoms with Gasteiger partial charge < -0.3 is 0 Å². The molecule has 4 nitrogen and oxygen atoms in total. The molecule has 0 spiro atoms. The number of hydrogen-bond acceptors (Lipinski definition) is 5. The van der Waals surface area contributed by atoms with Gasteiger partial charge in [0.2, 0.25) is 0 Å². The topological polar surface area (TPSA) is 51.6 Å². The van der Waals surface area contributed by atoms with Crippen LogP contribution in [-0.4, -0.2) is 25.7 Å². The summed E-state index contributed by atoms with van der Waals surface area (Å²) in [6.45, 7) is 4.60. The predicted octanol–water partition coefficient (Wildman–Crippen LogP) is 7.96. The van der Waals surface area contributed by atoms with Crippen molar-refractivity contribution in [3.8, 4) is 34.2 Å². The maximum Gasteiger partial charge on any atom is 0.164 e. The van der Waals surface area contributed by atoms with E-state index in [1.807, 2.05) is 72.4 Å². The van der Waals surface area contributed by atoms with Gasteiger partial charge in [-0.25, -0.2) is 19.9 Å². The van der Waals surface area contributed by atoms with Crippen molar-refractivity contribution in [2.45, 2.75) is 24.3 Å². The van der Waals surface area contributed by atoms with Crippen molar-refractivity contribution in [2.75, 3.05) is 5.75 Å². The van der Waals surface area contributed by atoms with Crippen LogP contribution in [-0.2, 0) is 5.41 Å². The molecule has 2 aromatic heterocycles. The van der Waals surface area contributed by atoms with Crippen molar-refractivity contribution in [3.05, 3.63) is 103 Å². The summed E-state index contributed by atoms with van der Waals surface area (Å²) < 4.78 is 0. The quantitative estimate of drug-likeness (QED) is 0.233. The molecule has 0 amide bonds. The maximum atomic E-state index is 5.15. The predicted molar refractivity (Wildman–Crippen MR) is 153 cm³/mol. The molecule has 1 aliphatic heterocycles. The van der Waals surface area contributed by atoms with Gasteiger partial charge in [-0.15, -0.1) is 11.8 Å². The van der Waals surface area contributed by atoms with Gasteiger partial charge in [0.15, 0.2) is 17.5 Å². The van der Waals surface area contributed by atoms with Gasteiger partial charge in [0, 0.05) is 38.6 Å². The molecule has 0 atom stereocenters. The Bertz CT molecular complexity index is 1740. The Balaban J connectivity index is 1.47. The lowest BCUT2D eigenvalue weighted by Gasteiger charge is -2.18. The maximum absolute atomic E-state index is 5.15. The van der Waals surface area contributed by atoms with Crippen LogP contribution in [0.1, 0.15) is 19.4 Å². The van der Waals surface area contributed by atoms with E-state index in [1.165, 1.54) is 10.9 Å². The van der Waals surface area contributed by atoms with Crippen LogP contribution in [0.25, 0.3) is 55.8 Å². The molecule has 6 aromatic rings. The first kappa shape index (κ1) is 22.1. The fourth-order valence-electron chi connectivity index (χ4n) is 5.02. The molecule has 0 radical (unpaired) electrons. The van der Waals surface area contributed by atoms with Crippen molar-refractivity contribution in [3.63, 3.8) is 0 Å². The molecule has 0 unspecified atom stereocenters. The van der Waals surface area contributed by atoms with Crippen molar-refractivity contribution in [2.24, 2.45) is 0 Å². The van der Waals surface area contributed by atoms with E-state index in [-0.39, 0.29) is 5.41 Å². The number of benzene rings is 4. The van der Waals surface area contributed by atoms with Crippen LogP contribution in [0.15, 0.2) is 102 Å². The number of nitrogens with zero attached hydrogens (tertiary/aromatic N) is 4. The van der Waals surface area contributed by atoms with E-state index in [2.05, 4.69) is 50.2 Å². The molecule has 0 aliphatic carbocycles. The lowest BCUT2D eigenvalue weighted by molar-refractivity contribution is 0.602. The fraction of sp³-hybridized carbons (Fsp3) is 0.125. The standard InChI is InChI=1S/C32H24N4S/c1-32(2)19-37-31-26(32)18-22-16-17-23-24(27(22)33-31)14-9-15-25(23)30-35-28(20-10-5-3-6-11-20)34-29(36-30)21-12-7-4-8-13-21/h3-18H,19H2,1-2H3. The summed E-state index contributed by atoms with van der Waals surface area (Å²) in [5, 5.41) is 4.53. The molecular formula is C32H24N4S. The van der Waals surface area contributed by atoms with E-state index in [9.17, 15) is 0 Å². The fourth-order valence-corrected chi connectivity index (χ4v) is 6.32. The van der Waals surface area contributed by atoms with E-state index < -0.39 is 0 Å². The smallest absolute Gasteiger partial charge is 0.164 e. The van der Waals surface area contributed by atoms with Crippen molar-refractivity contribution in [1.82, 2.24) is 19.9 Å². The zero-order valence-corrected chi connectivity index (χ0v) is 21.5. The average Bonchev–Trinajstić information content (AvgIpc) is 3.25. The normalized spacial score (nSPS) is 14.2. The summed E-state index contributed by atoms with van der Waals surface area (Å²) in [4.78, 5) is 19.9. The zero-order valence-electron chi connectivity index (χ0n) is 20.6. The number of rotatable bonds is 3. The SMILES string of the molecule is CC1(C)CSc2nc3c(ccc4c(-c5nc(-c6ccccc6)nc(-c6ccccc6)n5)cccc43)cc21. The van der Waals surface area contributed by atoms with Gasteiger partial charge in [-0.2, -0.15) is 0 Å². The Labute approximate surface area is 219 Å².